The van der Waals surface area contributed by atoms with Gasteiger partial charge in [-0.3, -0.25) is 9.59 Å². The first kappa shape index (κ1) is 20.5. The molecule has 1 aromatic heterocycles. The molecule has 1 saturated carbocycles. The summed E-state index contributed by atoms with van der Waals surface area (Å²) in [4.78, 5) is 33.2. The summed E-state index contributed by atoms with van der Waals surface area (Å²) >= 11 is 0. The van der Waals surface area contributed by atoms with E-state index in [2.05, 4.69) is 25.9 Å². The van der Waals surface area contributed by atoms with Crippen molar-refractivity contribution in [1.29, 1.82) is 0 Å². The van der Waals surface area contributed by atoms with Crippen molar-refractivity contribution in [2.45, 2.75) is 50.3 Å². The summed E-state index contributed by atoms with van der Waals surface area (Å²) in [7, 11) is 3.34. The molecule has 28 heavy (non-hydrogen) atoms. The van der Waals surface area contributed by atoms with E-state index in [0.29, 0.717) is 37.6 Å². The van der Waals surface area contributed by atoms with Crippen molar-refractivity contribution in [2.24, 2.45) is 5.92 Å². The molecule has 0 bridgehead atoms. The number of hydrogen-bond donors (Lipinski definition) is 3. The van der Waals surface area contributed by atoms with Gasteiger partial charge < -0.3 is 25.4 Å². The third-order valence-corrected chi connectivity index (χ3v) is 5.49. The number of nitrogens with one attached hydrogen (secondary N) is 3. The molecule has 1 aliphatic heterocycles. The van der Waals surface area contributed by atoms with Gasteiger partial charge in [-0.15, -0.1) is 0 Å². The van der Waals surface area contributed by atoms with Crippen molar-refractivity contribution < 1.29 is 19.1 Å². The van der Waals surface area contributed by atoms with Crippen LogP contribution in [-0.2, 0) is 14.3 Å². The van der Waals surface area contributed by atoms with E-state index in [-0.39, 0.29) is 35.9 Å². The number of carbonyl (C=O) groups is 2. The average Bonchev–Trinajstić information content (AvgIpc) is 2.74. The second-order valence-electron chi connectivity index (χ2n) is 7.30. The van der Waals surface area contributed by atoms with Crippen LogP contribution in [-0.4, -0.2) is 67.3 Å². The van der Waals surface area contributed by atoms with Crippen molar-refractivity contribution >= 4 is 17.8 Å². The summed E-state index contributed by atoms with van der Waals surface area (Å²) < 4.78 is 10.9. The summed E-state index contributed by atoms with van der Waals surface area (Å²) in [5.41, 5.74) is 0.397. The molecule has 3 N–H and O–H groups in total. The number of aromatic nitrogens is 2. The number of rotatable bonds is 6. The SMILES string of the molecule is CNc1ncc(C(=O)N[C@@H]2CC[C@H](C(=O)NC3CCOCC3)C[C@H]2OC)cn1. The van der Waals surface area contributed by atoms with E-state index in [1.54, 1.807) is 14.2 Å². The molecule has 3 atom stereocenters. The number of anilines is 1. The van der Waals surface area contributed by atoms with Crippen LogP contribution in [0.5, 0.6) is 0 Å². The van der Waals surface area contributed by atoms with Crippen molar-refractivity contribution in [3.63, 3.8) is 0 Å². The lowest BCUT2D eigenvalue weighted by atomic mass is 9.83. The average molecular weight is 391 g/mol. The second kappa shape index (κ2) is 9.79. The molecular formula is C19H29N5O4. The molecule has 0 radical (unpaired) electrons. The van der Waals surface area contributed by atoms with Gasteiger partial charge >= 0.3 is 0 Å². The minimum atomic E-state index is -0.236. The summed E-state index contributed by atoms with van der Waals surface area (Å²) in [6.07, 6.45) is 6.48. The summed E-state index contributed by atoms with van der Waals surface area (Å²) in [6, 6.07) is 0.0499. The fourth-order valence-corrected chi connectivity index (χ4v) is 3.78. The lowest BCUT2D eigenvalue weighted by molar-refractivity contribution is -0.129. The standard InChI is InChI=1S/C19H29N5O4/c1-20-19-21-10-13(11-22-19)18(26)24-15-4-3-12(9-16(15)27-2)17(25)23-14-5-7-28-8-6-14/h10-12,14-16H,3-9H2,1-2H3,(H,23,25)(H,24,26)(H,20,21,22)/t12-,15+,16+/m0/s1. The van der Waals surface area contributed by atoms with E-state index < -0.39 is 0 Å². The van der Waals surface area contributed by atoms with E-state index in [1.165, 1.54) is 12.4 Å². The molecule has 0 spiro atoms. The monoisotopic (exact) mass is 391 g/mol. The molecule has 2 heterocycles. The maximum absolute atomic E-state index is 12.6. The number of hydrogen-bond acceptors (Lipinski definition) is 7. The molecule has 1 aromatic rings. The minimum Gasteiger partial charge on any atom is -0.381 e. The third kappa shape index (κ3) is 5.17. The molecule has 154 valence electrons. The Balaban J connectivity index is 1.53. The molecule has 2 amide bonds. The zero-order valence-electron chi connectivity index (χ0n) is 16.4. The minimum absolute atomic E-state index is 0.0785. The number of nitrogens with zero attached hydrogens (tertiary/aromatic N) is 2. The van der Waals surface area contributed by atoms with Crippen LogP contribution in [0, 0.1) is 5.92 Å². The molecule has 3 rings (SSSR count). The molecule has 0 aromatic carbocycles. The van der Waals surface area contributed by atoms with Crippen LogP contribution in [0.25, 0.3) is 0 Å². The van der Waals surface area contributed by atoms with Crippen molar-refractivity contribution in [2.75, 3.05) is 32.7 Å². The van der Waals surface area contributed by atoms with Gasteiger partial charge in [-0.05, 0) is 32.1 Å². The highest BCUT2D eigenvalue weighted by molar-refractivity contribution is 5.94. The van der Waals surface area contributed by atoms with Crippen LogP contribution in [0.3, 0.4) is 0 Å². The molecule has 1 saturated heterocycles. The molecule has 9 nitrogen and oxygen atoms in total. The number of amides is 2. The Labute approximate surface area is 165 Å². The largest absolute Gasteiger partial charge is 0.381 e. The van der Waals surface area contributed by atoms with E-state index in [4.69, 9.17) is 9.47 Å². The fraction of sp³-hybridized carbons (Fsp3) is 0.684. The molecular weight excluding hydrogens is 362 g/mol. The van der Waals surface area contributed by atoms with Gasteiger partial charge in [0.25, 0.3) is 5.91 Å². The maximum Gasteiger partial charge on any atom is 0.254 e. The first-order valence-corrected chi connectivity index (χ1v) is 9.82. The highest BCUT2D eigenvalue weighted by atomic mass is 16.5. The number of ether oxygens (including phenoxy) is 2. The lowest BCUT2D eigenvalue weighted by Gasteiger charge is -2.36. The van der Waals surface area contributed by atoms with E-state index in [9.17, 15) is 9.59 Å². The highest BCUT2D eigenvalue weighted by Gasteiger charge is 2.35. The molecule has 9 heteroatoms. The second-order valence-corrected chi connectivity index (χ2v) is 7.30. The van der Waals surface area contributed by atoms with E-state index in [0.717, 1.165) is 19.3 Å². The first-order valence-electron chi connectivity index (χ1n) is 9.82. The number of carbonyl (C=O) groups excluding carboxylic acids is 2. The van der Waals surface area contributed by atoms with Gasteiger partial charge in [0.2, 0.25) is 11.9 Å². The molecule has 0 unspecified atom stereocenters. The quantitative estimate of drug-likeness (QED) is 0.655. The van der Waals surface area contributed by atoms with Crippen molar-refractivity contribution in [3.8, 4) is 0 Å². The maximum atomic E-state index is 12.6. The third-order valence-electron chi connectivity index (χ3n) is 5.49. The Hall–Kier alpha value is -2.26. The van der Waals surface area contributed by atoms with Crippen LogP contribution in [0.1, 0.15) is 42.5 Å². The van der Waals surface area contributed by atoms with Gasteiger partial charge in [0, 0.05) is 51.7 Å². The summed E-state index contributed by atoms with van der Waals surface area (Å²) in [5, 5.41) is 8.96. The van der Waals surface area contributed by atoms with Crippen molar-refractivity contribution in [1.82, 2.24) is 20.6 Å². The fourth-order valence-electron chi connectivity index (χ4n) is 3.78. The highest BCUT2D eigenvalue weighted by Crippen LogP contribution is 2.27. The Morgan fingerprint density at radius 1 is 1.11 bits per heavy atom. The zero-order valence-corrected chi connectivity index (χ0v) is 16.4. The topological polar surface area (TPSA) is 114 Å². The van der Waals surface area contributed by atoms with Gasteiger partial charge in [0.05, 0.1) is 17.7 Å². The zero-order chi connectivity index (χ0) is 19.9. The van der Waals surface area contributed by atoms with Crippen LogP contribution in [0.2, 0.25) is 0 Å². The Kier molecular flexibility index (Phi) is 7.16. The lowest BCUT2D eigenvalue weighted by Crippen LogP contribution is -2.51. The molecule has 2 aliphatic rings. The first-order chi connectivity index (χ1) is 13.6. The van der Waals surface area contributed by atoms with Crippen LogP contribution < -0.4 is 16.0 Å². The van der Waals surface area contributed by atoms with Gasteiger partial charge in [-0.2, -0.15) is 0 Å². The summed E-state index contributed by atoms with van der Waals surface area (Å²) in [6.45, 7) is 1.40. The molecule has 2 fully saturated rings. The normalized spacial score (nSPS) is 25.7. The number of methoxy groups -OCH3 is 1. The van der Waals surface area contributed by atoms with Crippen LogP contribution in [0.4, 0.5) is 5.95 Å². The van der Waals surface area contributed by atoms with Crippen molar-refractivity contribution in [3.05, 3.63) is 18.0 Å². The summed E-state index contributed by atoms with van der Waals surface area (Å²) in [5.74, 6) is 0.205. The Bertz CT molecular complexity index is 663. The smallest absolute Gasteiger partial charge is 0.254 e. The van der Waals surface area contributed by atoms with Gasteiger partial charge in [-0.1, -0.05) is 0 Å². The van der Waals surface area contributed by atoms with Crippen LogP contribution in [0.15, 0.2) is 12.4 Å². The molecule has 1 aliphatic carbocycles. The Morgan fingerprint density at radius 2 is 1.82 bits per heavy atom. The van der Waals surface area contributed by atoms with E-state index in [1.807, 2.05) is 0 Å². The van der Waals surface area contributed by atoms with Gasteiger partial charge in [-0.25, -0.2) is 9.97 Å². The van der Waals surface area contributed by atoms with Crippen LogP contribution >= 0.6 is 0 Å². The van der Waals surface area contributed by atoms with E-state index >= 15 is 0 Å². The van der Waals surface area contributed by atoms with Gasteiger partial charge in [0.15, 0.2) is 0 Å². The predicted molar refractivity (Wildman–Crippen MR) is 103 cm³/mol. The van der Waals surface area contributed by atoms with Gasteiger partial charge in [0.1, 0.15) is 0 Å². The predicted octanol–water partition coefficient (Wildman–Crippen LogP) is 0.727. The Morgan fingerprint density at radius 3 is 2.46 bits per heavy atom.